The first kappa shape index (κ1) is 10.7. The molecule has 2 aromatic heterocycles. The fourth-order valence-electron chi connectivity index (χ4n) is 2.78. The fourth-order valence-corrected chi connectivity index (χ4v) is 2.78. The highest BCUT2D eigenvalue weighted by Gasteiger charge is 2.39. The summed E-state index contributed by atoms with van der Waals surface area (Å²) in [5, 5.41) is 8.50. The molecule has 2 heterocycles. The first-order valence-electron chi connectivity index (χ1n) is 6.12. The Morgan fingerprint density at radius 2 is 2.29 bits per heavy atom. The van der Waals surface area contributed by atoms with Gasteiger partial charge in [0.1, 0.15) is 5.82 Å². The van der Waals surface area contributed by atoms with Crippen LogP contribution in [0.25, 0.3) is 5.65 Å². The summed E-state index contributed by atoms with van der Waals surface area (Å²) in [7, 11) is 0. The first-order chi connectivity index (χ1) is 8.22. The van der Waals surface area contributed by atoms with E-state index in [1.807, 2.05) is 10.6 Å². The van der Waals surface area contributed by atoms with Gasteiger partial charge in [-0.15, -0.1) is 10.2 Å². The molecule has 0 amide bonds. The molecule has 1 aliphatic rings. The summed E-state index contributed by atoms with van der Waals surface area (Å²) in [5.74, 6) is 0.974. The molecule has 0 bridgehead atoms. The van der Waals surface area contributed by atoms with Crippen LogP contribution in [0.2, 0.25) is 0 Å². The van der Waals surface area contributed by atoms with Crippen LogP contribution < -0.4 is 5.73 Å². The van der Waals surface area contributed by atoms with E-state index in [4.69, 9.17) is 5.73 Å². The second-order valence-electron chi connectivity index (χ2n) is 5.10. The van der Waals surface area contributed by atoms with Gasteiger partial charge < -0.3 is 5.73 Å². The molecule has 3 rings (SSSR count). The number of fused-ring (bicyclic) bond motifs is 1. The number of rotatable bonds is 1. The van der Waals surface area contributed by atoms with Crippen LogP contribution in [0.5, 0.6) is 0 Å². The van der Waals surface area contributed by atoms with Gasteiger partial charge in [-0.1, -0.05) is 19.8 Å². The minimum atomic E-state index is -0.0704. The van der Waals surface area contributed by atoms with Crippen LogP contribution in [-0.2, 0) is 5.41 Å². The molecule has 17 heavy (non-hydrogen) atoms. The molecule has 1 saturated carbocycles. The molecule has 0 spiro atoms. The van der Waals surface area contributed by atoms with E-state index in [0.29, 0.717) is 0 Å². The predicted octanol–water partition coefficient (Wildman–Crippen LogP) is 1.28. The zero-order valence-electron chi connectivity index (χ0n) is 10.0. The van der Waals surface area contributed by atoms with E-state index in [1.54, 1.807) is 12.4 Å². The van der Waals surface area contributed by atoms with E-state index in [-0.39, 0.29) is 11.5 Å². The normalized spacial score (nSPS) is 29.6. The van der Waals surface area contributed by atoms with E-state index in [0.717, 1.165) is 24.3 Å². The molecule has 2 unspecified atom stereocenters. The third-order valence-corrected chi connectivity index (χ3v) is 4.00. The SMILES string of the molecule is CC1(c2nnc3cnccn23)CCCCC1N. The summed E-state index contributed by atoms with van der Waals surface area (Å²) in [6.45, 7) is 2.20. The minimum Gasteiger partial charge on any atom is -0.327 e. The Bertz CT molecular complexity index is 534. The Morgan fingerprint density at radius 3 is 3.12 bits per heavy atom. The Labute approximate surface area is 100 Å². The molecule has 5 nitrogen and oxygen atoms in total. The number of nitrogens with zero attached hydrogens (tertiary/aromatic N) is 4. The second-order valence-corrected chi connectivity index (χ2v) is 5.10. The van der Waals surface area contributed by atoms with E-state index < -0.39 is 0 Å². The number of hydrogen-bond donors (Lipinski definition) is 1. The van der Waals surface area contributed by atoms with Gasteiger partial charge in [-0.3, -0.25) is 9.38 Å². The maximum absolute atomic E-state index is 6.30. The maximum atomic E-state index is 6.30. The largest absolute Gasteiger partial charge is 0.327 e. The highest BCUT2D eigenvalue weighted by atomic mass is 15.3. The van der Waals surface area contributed by atoms with Crippen molar-refractivity contribution in [3.8, 4) is 0 Å². The summed E-state index contributed by atoms with van der Waals surface area (Å²) in [6.07, 6.45) is 9.98. The molecule has 2 atom stereocenters. The monoisotopic (exact) mass is 231 g/mol. The van der Waals surface area contributed by atoms with Gasteiger partial charge in [0.2, 0.25) is 0 Å². The molecule has 0 saturated heterocycles. The molecular formula is C12H17N5. The lowest BCUT2D eigenvalue weighted by Gasteiger charge is -2.37. The van der Waals surface area contributed by atoms with E-state index in [1.165, 1.54) is 12.8 Å². The molecule has 0 radical (unpaired) electrons. The highest BCUT2D eigenvalue weighted by molar-refractivity contribution is 5.36. The summed E-state index contributed by atoms with van der Waals surface area (Å²) in [6, 6.07) is 0.164. The highest BCUT2D eigenvalue weighted by Crippen LogP contribution is 2.37. The zero-order valence-corrected chi connectivity index (χ0v) is 10.0. The predicted molar refractivity (Wildman–Crippen MR) is 64.6 cm³/mol. The smallest absolute Gasteiger partial charge is 0.179 e. The van der Waals surface area contributed by atoms with Crippen LogP contribution in [0, 0.1) is 0 Å². The van der Waals surface area contributed by atoms with Gasteiger partial charge in [-0.2, -0.15) is 0 Å². The average molecular weight is 231 g/mol. The van der Waals surface area contributed by atoms with Crippen LogP contribution in [0.3, 0.4) is 0 Å². The van der Waals surface area contributed by atoms with Crippen molar-refractivity contribution >= 4 is 5.65 Å². The van der Waals surface area contributed by atoms with Crippen molar-refractivity contribution < 1.29 is 0 Å². The van der Waals surface area contributed by atoms with Crippen LogP contribution >= 0.6 is 0 Å². The van der Waals surface area contributed by atoms with Crippen molar-refractivity contribution in [2.24, 2.45) is 5.73 Å². The lowest BCUT2D eigenvalue weighted by Crippen LogP contribution is -2.46. The van der Waals surface area contributed by atoms with Gasteiger partial charge in [0, 0.05) is 23.9 Å². The maximum Gasteiger partial charge on any atom is 0.179 e. The third kappa shape index (κ3) is 1.53. The Morgan fingerprint density at radius 1 is 1.41 bits per heavy atom. The van der Waals surface area contributed by atoms with Crippen molar-refractivity contribution in [3.63, 3.8) is 0 Å². The van der Waals surface area contributed by atoms with E-state index >= 15 is 0 Å². The Balaban J connectivity index is 2.13. The van der Waals surface area contributed by atoms with Crippen molar-refractivity contribution in [3.05, 3.63) is 24.4 Å². The van der Waals surface area contributed by atoms with Crippen molar-refractivity contribution in [2.45, 2.75) is 44.1 Å². The summed E-state index contributed by atoms with van der Waals surface area (Å²) < 4.78 is 2.01. The van der Waals surface area contributed by atoms with Crippen LogP contribution in [0.15, 0.2) is 18.6 Å². The number of hydrogen-bond acceptors (Lipinski definition) is 4. The van der Waals surface area contributed by atoms with Crippen LogP contribution in [-0.4, -0.2) is 25.6 Å². The summed E-state index contributed by atoms with van der Waals surface area (Å²) in [5.41, 5.74) is 7.02. The van der Waals surface area contributed by atoms with Crippen LogP contribution in [0.4, 0.5) is 0 Å². The molecule has 1 aliphatic carbocycles. The lowest BCUT2D eigenvalue weighted by atomic mass is 9.71. The zero-order chi connectivity index (χ0) is 11.9. The van der Waals surface area contributed by atoms with Gasteiger partial charge in [-0.25, -0.2) is 0 Å². The lowest BCUT2D eigenvalue weighted by molar-refractivity contribution is 0.257. The number of aromatic nitrogens is 4. The molecular weight excluding hydrogens is 214 g/mol. The minimum absolute atomic E-state index is 0.0704. The first-order valence-corrected chi connectivity index (χ1v) is 6.12. The molecule has 1 fully saturated rings. The Kier molecular flexibility index (Phi) is 2.36. The number of nitrogens with two attached hydrogens (primary N) is 1. The Hall–Kier alpha value is -1.49. The van der Waals surface area contributed by atoms with E-state index in [9.17, 15) is 0 Å². The molecule has 2 aromatic rings. The quantitative estimate of drug-likeness (QED) is 0.802. The molecule has 0 aromatic carbocycles. The fraction of sp³-hybridized carbons (Fsp3) is 0.583. The molecule has 0 aliphatic heterocycles. The van der Waals surface area contributed by atoms with Crippen molar-refractivity contribution in [1.82, 2.24) is 19.6 Å². The van der Waals surface area contributed by atoms with Gasteiger partial charge in [0.15, 0.2) is 5.65 Å². The van der Waals surface area contributed by atoms with Crippen molar-refractivity contribution in [1.29, 1.82) is 0 Å². The molecule has 90 valence electrons. The van der Waals surface area contributed by atoms with Gasteiger partial charge in [0.05, 0.1) is 6.20 Å². The van der Waals surface area contributed by atoms with Crippen molar-refractivity contribution in [2.75, 3.05) is 0 Å². The summed E-state index contributed by atoms with van der Waals surface area (Å²) >= 11 is 0. The standard InChI is InChI=1S/C12H17N5/c1-12(5-3-2-4-9(12)13)11-16-15-10-8-14-6-7-17(10)11/h6-9H,2-5,13H2,1H3. The molecule has 5 heteroatoms. The topological polar surface area (TPSA) is 69.1 Å². The molecule has 2 N–H and O–H groups in total. The summed E-state index contributed by atoms with van der Waals surface area (Å²) in [4.78, 5) is 4.06. The van der Waals surface area contributed by atoms with Gasteiger partial charge in [0.25, 0.3) is 0 Å². The van der Waals surface area contributed by atoms with Gasteiger partial charge in [-0.05, 0) is 12.8 Å². The van der Waals surface area contributed by atoms with E-state index in [2.05, 4.69) is 22.1 Å². The average Bonchev–Trinajstić information content (AvgIpc) is 2.77. The third-order valence-electron chi connectivity index (χ3n) is 4.00. The second kappa shape index (κ2) is 3.77. The van der Waals surface area contributed by atoms with Gasteiger partial charge >= 0.3 is 0 Å². The van der Waals surface area contributed by atoms with Crippen LogP contribution in [0.1, 0.15) is 38.4 Å².